The standard InChI is InChI=1S/C25H22ClNO5/c1-14-22(25(29)30-12-15-6-3-2-4-7-15)23(24-18(27-14)8-5-9-19(24)28)16-10-20-21(11-17(16)26)32-13-31-20/h2-4,6-7,10-11,23,27H,5,8-9,12-13H2,1H3. The third kappa shape index (κ3) is 3.65. The fourth-order valence-corrected chi connectivity index (χ4v) is 4.78. The number of nitrogens with one attached hydrogen (secondary N) is 1. The number of Topliss-reactive ketones (excluding diaryl/α,β-unsaturated/α-hetero) is 1. The minimum absolute atomic E-state index is 0.0124. The monoisotopic (exact) mass is 451 g/mol. The van der Waals surface area contributed by atoms with E-state index in [1.165, 1.54) is 0 Å². The van der Waals surface area contributed by atoms with Crippen LogP contribution in [-0.4, -0.2) is 18.5 Å². The predicted octanol–water partition coefficient (Wildman–Crippen LogP) is 4.78. The van der Waals surface area contributed by atoms with Gasteiger partial charge in [0.2, 0.25) is 6.79 Å². The van der Waals surface area contributed by atoms with Crippen LogP contribution in [0.25, 0.3) is 0 Å². The number of ether oxygens (including phenoxy) is 3. The maximum Gasteiger partial charge on any atom is 0.337 e. The largest absolute Gasteiger partial charge is 0.457 e. The van der Waals surface area contributed by atoms with E-state index in [0.29, 0.717) is 45.3 Å². The summed E-state index contributed by atoms with van der Waals surface area (Å²) in [6, 6.07) is 12.9. The molecule has 2 aromatic rings. The number of esters is 1. The van der Waals surface area contributed by atoms with Crippen molar-refractivity contribution in [1.82, 2.24) is 5.32 Å². The van der Waals surface area contributed by atoms with Crippen molar-refractivity contribution in [3.05, 3.63) is 81.2 Å². The molecule has 1 unspecified atom stereocenters. The molecule has 6 nitrogen and oxygen atoms in total. The van der Waals surface area contributed by atoms with Crippen LogP contribution in [0.15, 0.2) is 65.0 Å². The number of rotatable bonds is 4. The molecular formula is C25H22ClNO5. The highest BCUT2D eigenvalue weighted by Crippen LogP contribution is 2.48. The Balaban J connectivity index is 1.57. The molecule has 1 atom stereocenters. The number of fused-ring (bicyclic) bond motifs is 1. The number of ketones is 1. The molecule has 32 heavy (non-hydrogen) atoms. The van der Waals surface area contributed by atoms with Crippen molar-refractivity contribution < 1.29 is 23.8 Å². The average molecular weight is 452 g/mol. The van der Waals surface area contributed by atoms with Gasteiger partial charge in [-0.15, -0.1) is 0 Å². The lowest BCUT2D eigenvalue weighted by molar-refractivity contribution is -0.140. The quantitative estimate of drug-likeness (QED) is 0.674. The van der Waals surface area contributed by atoms with Gasteiger partial charge in [0.05, 0.1) is 5.57 Å². The summed E-state index contributed by atoms with van der Waals surface area (Å²) in [5.74, 6) is -0.0149. The van der Waals surface area contributed by atoms with Crippen LogP contribution in [0.2, 0.25) is 5.02 Å². The molecule has 1 aliphatic carbocycles. The normalized spacial score (nSPS) is 19.6. The van der Waals surface area contributed by atoms with Crippen molar-refractivity contribution in [2.75, 3.05) is 6.79 Å². The Labute approximate surface area is 190 Å². The maximum atomic E-state index is 13.3. The second-order valence-electron chi connectivity index (χ2n) is 8.05. The molecule has 0 fully saturated rings. The van der Waals surface area contributed by atoms with E-state index in [1.54, 1.807) is 12.1 Å². The molecule has 2 aromatic carbocycles. The molecular weight excluding hydrogens is 430 g/mol. The van der Waals surface area contributed by atoms with Crippen LogP contribution in [0.3, 0.4) is 0 Å². The Morgan fingerprint density at radius 1 is 1.16 bits per heavy atom. The minimum Gasteiger partial charge on any atom is -0.457 e. The molecule has 0 amide bonds. The van der Waals surface area contributed by atoms with Crippen LogP contribution in [-0.2, 0) is 20.9 Å². The minimum atomic E-state index is -0.635. The Kier molecular flexibility index (Phi) is 5.39. The summed E-state index contributed by atoms with van der Waals surface area (Å²) in [5, 5.41) is 3.70. The van der Waals surface area contributed by atoms with E-state index < -0.39 is 11.9 Å². The summed E-state index contributed by atoms with van der Waals surface area (Å²) < 4.78 is 16.6. The van der Waals surface area contributed by atoms with Crippen molar-refractivity contribution in [3.63, 3.8) is 0 Å². The topological polar surface area (TPSA) is 73.9 Å². The lowest BCUT2D eigenvalue weighted by atomic mass is 9.75. The summed E-state index contributed by atoms with van der Waals surface area (Å²) in [5.41, 5.74) is 3.98. The molecule has 2 heterocycles. The van der Waals surface area contributed by atoms with Crippen molar-refractivity contribution in [3.8, 4) is 11.5 Å². The molecule has 7 heteroatoms. The second-order valence-corrected chi connectivity index (χ2v) is 8.46. The average Bonchev–Trinajstić information content (AvgIpc) is 3.24. The summed E-state index contributed by atoms with van der Waals surface area (Å²) in [6.07, 6.45) is 1.95. The molecule has 1 N–H and O–H groups in total. The first-order valence-corrected chi connectivity index (χ1v) is 10.9. The van der Waals surface area contributed by atoms with E-state index in [0.717, 1.165) is 24.1 Å². The Hall–Kier alpha value is -3.25. The Morgan fingerprint density at radius 2 is 1.91 bits per heavy atom. The van der Waals surface area contributed by atoms with Crippen LogP contribution in [0.1, 0.15) is 43.2 Å². The number of dihydropyridines is 1. The van der Waals surface area contributed by atoms with Crippen molar-refractivity contribution in [2.24, 2.45) is 0 Å². The van der Waals surface area contributed by atoms with Crippen molar-refractivity contribution >= 4 is 23.4 Å². The van der Waals surface area contributed by atoms with Gasteiger partial charge in [-0.1, -0.05) is 41.9 Å². The highest BCUT2D eigenvalue weighted by atomic mass is 35.5. The zero-order valence-electron chi connectivity index (χ0n) is 17.6. The fourth-order valence-electron chi connectivity index (χ4n) is 4.52. The van der Waals surface area contributed by atoms with E-state index >= 15 is 0 Å². The molecule has 0 saturated heterocycles. The van der Waals surface area contributed by atoms with Crippen LogP contribution >= 0.6 is 11.6 Å². The first kappa shape index (κ1) is 20.6. The van der Waals surface area contributed by atoms with E-state index in [-0.39, 0.29) is 19.2 Å². The van der Waals surface area contributed by atoms with Gasteiger partial charge in [0, 0.05) is 40.4 Å². The van der Waals surface area contributed by atoms with Gasteiger partial charge in [0.15, 0.2) is 17.3 Å². The third-order valence-corrected chi connectivity index (χ3v) is 6.34. The number of benzene rings is 2. The number of allylic oxidation sites excluding steroid dienone is 3. The lowest BCUT2D eigenvalue weighted by Gasteiger charge is -2.34. The zero-order chi connectivity index (χ0) is 22.2. The summed E-state index contributed by atoms with van der Waals surface area (Å²) in [4.78, 5) is 26.4. The van der Waals surface area contributed by atoms with Crippen LogP contribution in [0.5, 0.6) is 11.5 Å². The van der Waals surface area contributed by atoms with Gasteiger partial charge >= 0.3 is 5.97 Å². The fraction of sp³-hybridized carbons (Fsp3) is 0.280. The van der Waals surface area contributed by atoms with Crippen LogP contribution in [0, 0.1) is 0 Å². The number of carbonyl (C=O) groups excluding carboxylic acids is 2. The Morgan fingerprint density at radius 3 is 2.69 bits per heavy atom. The molecule has 5 rings (SSSR count). The third-order valence-electron chi connectivity index (χ3n) is 6.01. The van der Waals surface area contributed by atoms with E-state index in [2.05, 4.69) is 5.32 Å². The highest BCUT2D eigenvalue weighted by molar-refractivity contribution is 6.32. The maximum absolute atomic E-state index is 13.3. The van der Waals surface area contributed by atoms with Gasteiger partial charge in [-0.25, -0.2) is 4.79 Å². The number of carbonyl (C=O) groups is 2. The molecule has 0 spiro atoms. The molecule has 0 aromatic heterocycles. The molecule has 0 radical (unpaired) electrons. The summed E-state index contributed by atoms with van der Waals surface area (Å²) in [7, 11) is 0. The smallest absolute Gasteiger partial charge is 0.337 e. The highest BCUT2D eigenvalue weighted by Gasteiger charge is 2.40. The van der Waals surface area contributed by atoms with Crippen molar-refractivity contribution in [1.29, 1.82) is 0 Å². The van der Waals surface area contributed by atoms with Gasteiger partial charge in [0.1, 0.15) is 6.61 Å². The summed E-state index contributed by atoms with van der Waals surface area (Å²) in [6.45, 7) is 2.07. The first-order chi connectivity index (χ1) is 15.5. The van der Waals surface area contributed by atoms with E-state index in [4.69, 9.17) is 25.8 Å². The van der Waals surface area contributed by atoms with Gasteiger partial charge in [-0.2, -0.15) is 0 Å². The predicted molar refractivity (Wildman–Crippen MR) is 118 cm³/mol. The van der Waals surface area contributed by atoms with Crippen molar-refractivity contribution in [2.45, 2.75) is 38.7 Å². The van der Waals surface area contributed by atoms with E-state index in [9.17, 15) is 9.59 Å². The molecule has 0 bridgehead atoms. The number of hydrogen-bond donors (Lipinski definition) is 1. The number of hydrogen-bond acceptors (Lipinski definition) is 6. The first-order valence-electron chi connectivity index (χ1n) is 10.6. The summed E-state index contributed by atoms with van der Waals surface area (Å²) >= 11 is 6.65. The van der Waals surface area contributed by atoms with Crippen LogP contribution in [0.4, 0.5) is 0 Å². The number of halogens is 1. The zero-order valence-corrected chi connectivity index (χ0v) is 18.3. The van der Waals surface area contributed by atoms with Gasteiger partial charge < -0.3 is 19.5 Å². The molecule has 0 saturated carbocycles. The lowest BCUT2D eigenvalue weighted by Crippen LogP contribution is -2.34. The molecule has 3 aliphatic rings. The molecule has 2 aliphatic heterocycles. The van der Waals surface area contributed by atoms with Crippen LogP contribution < -0.4 is 14.8 Å². The van der Waals surface area contributed by atoms with E-state index in [1.807, 2.05) is 37.3 Å². The van der Waals surface area contributed by atoms with Gasteiger partial charge in [-0.05, 0) is 37.0 Å². The Bertz CT molecular complexity index is 1170. The van der Waals surface area contributed by atoms with Gasteiger partial charge in [0.25, 0.3) is 0 Å². The second kappa shape index (κ2) is 8.36. The molecule has 164 valence electrons. The SMILES string of the molecule is CC1=C(C(=O)OCc2ccccc2)C(c2cc3c(cc2Cl)OCO3)C2=C(CCCC2=O)N1. The van der Waals surface area contributed by atoms with Gasteiger partial charge in [-0.3, -0.25) is 4.79 Å².